The van der Waals surface area contributed by atoms with Crippen LogP contribution < -0.4 is 20.3 Å². The van der Waals surface area contributed by atoms with Crippen LogP contribution in [0, 0.1) is 28.8 Å². The van der Waals surface area contributed by atoms with Crippen molar-refractivity contribution < 1.29 is 36.2 Å². The number of nitriles is 1. The second kappa shape index (κ2) is 10.7. The van der Waals surface area contributed by atoms with Crippen LogP contribution in [0.25, 0.3) is 16.9 Å². The van der Waals surface area contributed by atoms with E-state index in [1.807, 2.05) is 0 Å². The first kappa shape index (κ1) is 26.9. The molecule has 1 amide bonds. The van der Waals surface area contributed by atoms with Crippen molar-refractivity contribution >= 4 is 11.6 Å². The van der Waals surface area contributed by atoms with Gasteiger partial charge in [-0.1, -0.05) is 6.07 Å². The normalized spacial score (nSPS) is 10.8. The van der Waals surface area contributed by atoms with Crippen LogP contribution in [0.5, 0.6) is 11.5 Å². The van der Waals surface area contributed by atoms with Gasteiger partial charge in [0.05, 0.1) is 18.4 Å². The summed E-state index contributed by atoms with van der Waals surface area (Å²) in [6.07, 6.45) is 0. The average molecular weight is 544 g/mol. The zero-order valence-corrected chi connectivity index (χ0v) is 20.1. The van der Waals surface area contributed by atoms with Gasteiger partial charge in [-0.3, -0.25) is 14.3 Å². The number of methoxy groups -OCH3 is 1. The Bertz CT molecular complexity index is 1650. The van der Waals surface area contributed by atoms with Crippen LogP contribution in [0.1, 0.15) is 15.9 Å². The lowest BCUT2D eigenvalue weighted by atomic mass is 10.1. The van der Waals surface area contributed by atoms with Crippen molar-refractivity contribution in [1.82, 2.24) is 9.36 Å². The zero-order chi connectivity index (χ0) is 28.4. The van der Waals surface area contributed by atoms with Gasteiger partial charge in [-0.15, -0.1) is 0 Å². The number of benzene rings is 3. The largest absolute Gasteiger partial charge is 0.497 e. The Morgan fingerprint density at radius 1 is 1.00 bits per heavy atom. The number of alkyl halides is 2. The maximum Gasteiger partial charge on any atom is 0.387 e. The molecule has 200 valence electrons. The zero-order valence-electron chi connectivity index (χ0n) is 20.1. The number of carbonyl (C=O) groups excluding carboxylic acids is 1. The van der Waals surface area contributed by atoms with E-state index in [1.54, 1.807) is 6.07 Å². The average Bonchev–Trinajstić information content (AvgIpc) is 3.12. The molecule has 4 aromatic rings. The van der Waals surface area contributed by atoms with Crippen molar-refractivity contribution in [3.8, 4) is 34.5 Å². The molecule has 0 radical (unpaired) electrons. The maximum atomic E-state index is 15.2. The van der Waals surface area contributed by atoms with E-state index >= 15 is 8.78 Å². The van der Waals surface area contributed by atoms with Gasteiger partial charge in [-0.2, -0.15) is 14.0 Å². The number of nitrogens with one attached hydrogen (secondary N) is 1. The van der Waals surface area contributed by atoms with Gasteiger partial charge < -0.3 is 14.8 Å². The Kier molecular flexibility index (Phi) is 7.39. The molecule has 8 nitrogen and oxygen atoms in total. The Morgan fingerprint density at radius 2 is 1.64 bits per heavy atom. The summed E-state index contributed by atoms with van der Waals surface area (Å²) in [6, 6.07) is 11.2. The van der Waals surface area contributed by atoms with Crippen LogP contribution >= 0.6 is 0 Å². The number of amides is 1. The fraction of sp³-hybridized carbons (Fsp3) is 0.115. The summed E-state index contributed by atoms with van der Waals surface area (Å²) in [5.74, 6) is -4.59. The van der Waals surface area contributed by atoms with E-state index in [4.69, 9.17) is 4.74 Å². The van der Waals surface area contributed by atoms with Crippen LogP contribution in [-0.4, -0.2) is 29.0 Å². The summed E-state index contributed by atoms with van der Waals surface area (Å²) in [5, 5.41) is 11.8. The molecule has 0 spiro atoms. The van der Waals surface area contributed by atoms with Gasteiger partial charge in [0.1, 0.15) is 52.0 Å². The lowest BCUT2D eigenvalue weighted by Gasteiger charge is -2.14. The first-order chi connectivity index (χ1) is 18.6. The van der Waals surface area contributed by atoms with Gasteiger partial charge in [0.25, 0.3) is 11.5 Å². The first-order valence-corrected chi connectivity index (χ1v) is 11.0. The number of rotatable bonds is 7. The standard InChI is InChI=1S/C26H17F5N4O4/c1-34-23(21-18(28)10-15(38-2)11-19(21)29)22(25(37)35(34)20-5-3-4-17(27)16(20)12-32)33-24(36)13-6-8-14(9-7-13)39-26(30)31/h3-11,26H,1-2H3,(H,33,36). The van der Waals surface area contributed by atoms with E-state index in [1.165, 1.54) is 26.3 Å². The highest BCUT2D eigenvalue weighted by molar-refractivity contribution is 6.06. The molecule has 0 atom stereocenters. The van der Waals surface area contributed by atoms with Crippen LogP contribution in [0.3, 0.4) is 0 Å². The summed E-state index contributed by atoms with van der Waals surface area (Å²) in [5.41, 5.74) is -3.72. The molecule has 4 rings (SSSR count). The van der Waals surface area contributed by atoms with Crippen LogP contribution in [-0.2, 0) is 7.05 Å². The lowest BCUT2D eigenvalue weighted by Crippen LogP contribution is -2.24. The molecule has 0 saturated heterocycles. The monoisotopic (exact) mass is 544 g/mol. The smallest absolute Gasteiger partial charge is 0.387 e. The Balaban J connectivity index is 1.93. The van der Waals surface area contributed by atoms with E-state index in [-0.39, 0.29) is 22.7 Å². The van der Waals surface area contributed by atoms with E-state index in [0.29, 0.717) is 0 Å². The number of aromatic nitrogens is 2. The third kappa shape index (κ3) is 5.04. The quantitative estimate of drug-likeness (QED) is 0.331. The molecule has 1 N–H and O–H groups in total. The molecule has 13 heteroatoms. The van der Waals surface area contributed by atoms with Crippen molar-refractivity contribution in [3.63, 3.8) is 0 Å². The van der Waals surface area contributed by atoms with Crippen LogP contribution in [0.4, 0.5) is 27.6 Å². The summed E-state index contributed by atoms with van der Waals surface area (Å²) >= 11 is 0. The molecule has 0 bridgehead atoms. The summed E-state index contributed by atoms with van der Waals surface area (Å²) < 4.78 is 80.4. The number of nitrogens with zero attached hydrogens (tertiary/aromatic N) is 3. The number of hydrogen-bond acceptors (Lipinski definition) is 5. The molecular weight excluding hydrogens is 527 g/mol. The van der Waals surface area contributed by atoms with E-state index in [0.717, 1.165) is 51.8 Å². The lowest BCUT2D eigenvalue weighted by molar-refractivity contribution is -0.0498. The molecule has 39 heavy (non-hydrogen) atoms. The topological polar surface area (TPSA) is 98.3 Å². The van der Waals surface area contributed by atoms with Gasteiger partial charge in [-0.25, -0.2) is 17.9 Å². The number of hydrogen-bond donors (Lipinski definition) is 1. The molecule has 0 aliphatic rings. The molecule has 3 aromatic carbocycles. The molecule has 1 heterocycles. The van der Waals surface area contributed by atoms with E-state index in [9.17, 15) is 28.0 Å². The Hall–Kier alpha value is -5.12. The maximum absolute atomic E-state index is 15.2. The van der Waals surface area contributed by atoms with Gasteiger partial charge in [0.15, 0.2) is 0 Å². The fourth-order valence-electron chi connectivity index (χ4n) is 3.94. The summed E-state index contributed by atoms with van der Waals surface area (Å²) in [7, 11) is 2.41. The van der Waals surface area contributed by atoms with Crippen molar-refractivity contribution in [1.29, 1.82) is 5.26 Å². The van der Waals surface area contributed by atoms with Crippen molar-refractivity contribution in [2.45, 2.75) is 6.61 Å². The SMILES string of the molecule is COc1cc(F)c(-c2c(NC(=O)c3ccc(OC(F)F)cc3)c(=O)n(-c3cccc(F)c3C#N)n2C)c(F)c1. The molecular formula is C26H17F5N4O4. The Labute approximate surface area is 217 Å². The van der Waals surface area contributed by atoms with Gasteiger partial charge >= 0.3 is 6.61 Å². The van der Waals surface area contributed by atoms with Crippen molar-refractivity contribution in [2.24, 2.45) is 7.05 Å². The first-order valence-electron chi connectivity index (χ1n) is 11.0. The minimum Gasteiger partial charge on any atom is -0.497 e. The summed E-state index contributed by atoms with van der Waals surface area (Å²) in [6.45, 7) is -3.09. The minimum atomic E-state index is -3.09. The number of halogens is 5. The molecule has 1 aromatic heterocycles. The number of ether oxygens (including phenoxy) is 2. The molecule has 0 aliphatic carbocycles. The third-order valence-corrected chi connectivity index (χ3v) is 5.67. The fourth-order valence-corrected chi connectivity index (χ4v) is 3.94. The second-order valence-electron chi connectivity index (χ2n) is 7.93. The highest BCUT2D eigenvalue weighted by atomic mass is 19.3. The van der Waals surface area contributed by atoms with E-state index in [2.05, 4.69) is 10.1 Å². The molecule has 0 unspecified atom stereocenters. The number of anilines is 1. The van der Waals surface area contributed by atoms with Crippen LogP contribution in [0.2, 0.25) is 0 Å². The molecule has 0 fully saturated rings. The predicted molar refractivity (Wildman–Crippen MR) is 129 cm³/mol. The molecule has 0 aliphatic heterocycles. The predicted octanol–water partition coefficient (Wildman–Crippen LogP) is 4.99. The molecule has 0 saturated carbocycles. The third-order valence-electron chi connectivity index (χ3n) is 5.67. The number of carbonyl (C=O) groups is 1. The second-order valence-corrected chi connectivity index (χ2v) is 7.93. The van der Waals surface area contributed by atoms with Gasteiger partial charge in [0, 0.05) is 24.7 Å². The van der Waals surface area contributed by atoms with E-state index < -0.39 is 58.0 Å². The highest BCUT2D eigenvalue weighted by Gasteiger charge is 2.28. The van der Waals surface area contributed by atoms with Crippen molar-refractivity contribution in [3.05, 3.63) is 93.5 Å². The minimum absolute atomic E-state index is 0.114. The van der Waals surface area contributed by atoms with Crippen LogP contribution in [0.15, 0.2) is 59.4 Å². The van der Waals surface area contributed by atoms with Crippen molar-refractivity contribution in [2.75, 3.05) is 12.4 Å². The Morgan fingerprint density at radius 3 is 2.21 bits per heavy atom. The van der Waals surface area contributed by atoms with Gasteiger partial charge in [0.2, 0.25) is 0 Å². The van der Waals surface area contributed by atoms with Gasteiger partial charge in [-0.05, 0) is 36.4 Å². The highest BCUT2D eigenvalue weighted by Crippen LogP contribution is 2.34. The summed E-state index contributed by atoms with van der Waals surface area (Å²) in [4.78, 5) is 26.6.